The molecule has 0 spiro atoms. The quantitative estimate of drug-likeness (QED) is 0.841. The van der Waals surface area contributed by atoms with Crippen molar-refractivity contribution >= 4 is 0 Å². The molecule has 0 aliphatic carbocycles. The third kappa shape index (κ3) is 3.81. The molecule has 1 heterocycles. The Kier molecular flexibility index (Phi) is 5.12. The summed E-state index contributed by atoms with van der Waals surface area (Å²) in [5, 5.41) is 11.2. The van der Waals surface area contributed by atoms with Crippen LogP contribution < -0.4 is 10.1 Å². The van der Waals surface area contributed by atoms with E-state index in [1.165, 1.54) is 0 Å². The molecule has 2 rings (SSSR count). The summed E-state index contributed by atoms with van der Waals surface area (Å²) in [6.45, 7) is 7.33. The highest BCUT2D eigenvalue weighted by molar-refractivity contribution is 5.35. The van der Waals surface area contributed by atoms with E-state index in [1.807, 2.05) is 18.2 Å². The Labute approximate surface area is 119 Å². The Morgan fingerprint density at radius 3 is 2.80 bits per heavy atom. The number of para-hydroxylation sites is 1. The summed E-state index contributed by atoms with van der Waals surface area (Å²) in [4.78, 5) is 0. The van der Waals surface area contributed by atoms with Crippen molar-refractivity contribution in [1.29, 1.82) is 0 Å². The van der Waals surface area contributed by atoms with Gasteiger partial charge >= 0.3 is 0 Å². The highest BCUT2D eigenvalue weighted by Gasteiger charge is 2.11. The third-order valence-corrected chi connectivity index (χ3v) is 3.01. The first-order chi connectivity index (χ1) is 9.70. The zero-order chi connectivity index (χ0) is 14.4. The van der Waals surface area contributed by atoms with E-state index in [0.29, 0.717) is 18.4 Å². The van der Waals surface area contributed by atoms with Gasteiger partial charge in [-0.25, -0.2) is 0 Å². The van der Waals surface area contributed by atoms with Gasteiger partial charge in [-0.2, -0.15) is 0 Å². The number of nitrogens with one attached hydrogen (secondary N) is 1. The van der Waals surface area contributed by atoms with Crippen LogP contribution in [0.2, 0.25) is 0 Å². The van der Waals surface area contributed by atoms with Crippen molar-refractivity contribution in [2.75, 3.05) is 6.54 Å². The maximum Gasteiger partial charge on any atom is 0.253 e. The first-order valence-corrected chi connectivity index (χ1v) is 6.94. The van der Waals surface area contributed by atoms with Gasteiger partial charge in [0.15, 0.2) is 6.61 Å². The Morgan fingerprint density at radius 1 is 1.30 bits per heavy atom. The van der Waals surface area contributed by atoms with Gasteiger partial charge in [-0.15, -0.1) is 10.2 Å². The van der Waals surface area contributed by atoms with Crippen molar-refractivity contribution in [3.05, 3.63) is 41.6 Å². The number of aromatic nitrogens is 2. The molecule has 1 aromatic carbocycles. The van der Waals surface area contributed by atoms with E-state index in [1.54, 1.807) is 6.92 Å². The number of hydrogen-bond donors (Lipinski definition) is 1. The van der Waals surface area contributed by atoms with Gasteiger partial charge in [-0.05, 0) is 26.0 Å². The fraction of sp³-hybridized carbons (Fsp3) is 0.467. The first kappa shape index (κ1) is 14.5. The molecule has 5 nitrogen and oxygen atoms in total. The Balaban J connectivity index is 2.03. The predicted molar refractivity (Wildman–Crippen MR) is 76.5 cm³/mol. The summed E-state index contributed by atoms with van der Waals surface area (Å²) in [6.07, 6.45) is 1.11. The van der Waals surface area contributed by atoms with Gasteiger partial charge in [0.05, 0.1) is 0 Å². The van der Waals surface area contributed by atoms with Gasteiger partial charge < -0.3 is 14.5 Å². The molecule has 5 heteroatoms. The number of rotatable bonds is 7. The standard InChI is InChI=1S/C15H21N3O2/c1-4-9-16-11(2)13-7-5-6-8-14(13)19-10-15-18-17-12(3)20-15/h5-8,11,16H,4,9-10H2,1-3H3. The van der Waals surface area contributed by atoms with Crippen LogP contribution in [0.4, 0.5) is 0 Å². The zero-order valence-corrected chi connectivity index (χ0v) is 12.2. The number of hydrogen-bond acceptors (Lipinski definition) is 5. The van der Waals surface area contributed by atoms with Gasteiger partial charge in [0, 0.05) is 18.5 Å². The maximum absolute atomic E-state index is 5.80. The second-order valence-electron chi connectivity index (χ2n) is 4.72. The number of nitrogens with zero attached hydrogens (tertiary/aromatic N) is 2. The van der Waals surface area contributed by atoms with Crippen LogP contribution in [-0.4, -0.2) is 16.7 Å². The van der Waals surface area contributed by atoms with Crippen LogP contribution in [0.5, 0.6) is 5.75 Å². The summed E-state index contributed by atoms with van der Waals surface area (Å²) < 4.78 is 11.1. The fourth-order valence-electron chi connectivity index (χ4n) is 1.98. The smallest absolute Gasteiger partial charge is 0.253 e. The van der Waals surface area contributed by atoms with E-state index in [9.17, 15) is 0 Å². The lowest BCUT2D eigenvalue weighted by Crippen LogP contribution is -2.20. The predicted octanol–water partition coefficient (Wildman–Crippen LogP) is 3.02. The minimum atomic E-state index is 0.246. The van der Waals surface area contributed by atoms with Gasteiger partial charge in [0.2, 0.25) is 5.89 Å². The Hall–Kier alpha value is -1.88. The van der Waals surface area contributed by atoms with Crippen molar-refractivity contribution in [1.82, 2.24) is 15.5 Å². The zero-order valence-electron chi connectivity index (χ0n) is 12.2. The number of benzene rings is 1. The summed E-state index contributed by atoms with van der Waals surface area (Å²) in [6, 6.07) is 8.26. The molecule has 0 amide bonds. The van der Waals surface area contributed by atoms with Gasteiger partial charge in [0.25, 0.3) is 5.89 Å². The minimum absolute atomic E-state index is 0.246. The lowest BCUT2D eigenvalue weighted by Gasteiger charge is -2.17. The second-order valence-corrected chi connectivity index (χ2v) is 4.72. The van der Waals surface area contributed by atoms with Crippen molar-refractivity contribution in [2.24, 2.45) is 0 Å². The fourth-order valence-corrected chi connectivity index (χ4v) is 1.98. The normalized spacial score (nSPS) is 12.3. The molecule has 1 unspecified atom stereocenters. The molecular formula is C15H21N3O2. The Bertz CT molecular complexity index is 539. The topological polar surface area (TPSA) is 60.2 Å². The molecular weight excluding hydrogens is 254 g/mol. The van der Waals surface area contributed by atoms with E-state index in [2.05, 4.69) is 35.4 Å². The van der Waals surface area contributed by atoms with Crippen LogP contribution in [0.25, 0.3) is 0 Å². The molecule has 0 radical (unpaired) electrons. The summed E-state index contributed by atoms with van der Waals surface area (Å²) in [5.41, 5.74) is 1.14. The molecule has 108 valence electrons. The SMILES string of the molecule is CCCNC(C)c1ccccc1OCc1nnc(C)o1. The lowest BCUT2D eigenvalue weighted by molar-refractivity contribution is 0.256. The maximum atomic E-state index is 5.80. The molecule has 0 saturated heterocycles. The third-order valence-electron chi connectivity index (χ3n) is 3.01. The van der Waals surface area contributed by atoms with E-state index < -0.39 is 0 Å². The largest absolute Gasteiger partial charge is 0.483 e. The first-order valence-electron chi connectivity index (χ1n) is 6.94. The van der Waals surface area contributed by atoms with E-state index in [-0.39, 0.29) is 6.04 Å². The van der Waals surface area contributed by atoms with Crippen molar-refractivity contribution in [2.45, 2.75) is 39.8 Å². The molecule has 1 aromatic heterocycles. The van der Waals surface area contributed by atoms with Gasteiger partial charge in [-0.3, -0.25) is 0 Å². The van der Waals surface area contributed by atoms with Crippen molar-refractivity contribution in [3.63, 3.8) is 0 Å². The van der Waals surface area contributed by atoms with Crippen LogP contribution in [-0.2, 0) is 6.61 Å². The van der Waals surface area contributed by atoms with Crippen LogP contribution in [0, 0.1) is 6.92 Å². The van der Waals surface area contributed by atoms with E-state index in [0.717, 1.165) is 24.3 Å². The average Bonchev–Trinajstić information content (AvgIpc) is 2.88. The molecule has 0 aliphatic heterocycles. The number of ether oxygens (including phenoxy) is 1. The Morgan fingerprint density at radius 2 is 2.10 bits per heavy atom. The highest BCUT2D eigenvalue weighted by Crippen LogP contribution is 2.25. The molecule has 20 heavy (non-hydrogen) atoms. The molecule has 0 saturated carbocycles. The highest BCUT2D eigenvalue weighted by atomic mass is 16.5. The molecule has 1 atom stereocenters. The average molecular weight is 275 g/mol. The second kappa shape index (κ2) is 7.05. The van der Waals surface area contributed by atoms with Crippen LogP contribution >= 0.6 is 0 Å². The molecule has 1 N–H and O–H groups in total. The van der Waals surface area contributed by atoms with E-state index >= 15 is 0 Å². The molecule has 2 aromatic rings. The van der Waals surface area contributed by atoms with Gasteiger partial charge in [-0.1, -0.05) is 25.1 Å². The van der Waals surface area contributed by atoms with Crippen LogP contribution in [0.15, 0.2) is 28.7 Å². The minimum Gasteiger partial charge on any atom is -0.483 e. The molecule has 0 bridgehead atoms. The lowest BCUT2D eigenvalue weighted by atomic mass is 10.1. The molecule has 0 fully saturated rings. The monoisotopic (exact) mass is 275 g/mol. The summed E-state index contributed by atoms with van der Waals surface area (Å²) in [7, 11) is 0. The summed E-state index contributed by atoms with van der Waals surface area (Å²) in [5.74, 6) is 1.89. The number of aryl methyl sites for hydroxylation is 1. The van der Waals surface area contributed by atoms with Crippen molar-refractivity contribution < 1.29 is 9.15 Å². The van der Waals surface area contributed by atoms with Gasteiger partial charge in [0.1, 0.15) is 5.75 Å². The van der Waals surface area contributed by atoms with Crippen LogP contribution in [0.1, 0.15) is 43.7 Å². The van der Waals surface area contributed by atoms with E-state index in [4.69, 9.17) is 9.15 Å². The van der Waals surface area contributed by atoms with Crippen molar-refractivity contribution in [3.8, 4) is 5.75 Å². The van der Waals surface area contributed by atoms with Crippen LogP contribution in [0.3, 0.4) is 0 Å². The molecule has 0 aliphatic rings. The summed E-state index contributed by atoms with van der Waals surface area (Å²) >= 11 is 0.